The van der Waals surface area contributed by atoms with Gasteiger partial charge in [-0.15, -0.1) is 0 Å². The molecule has 0 aliphatic carbocycles. The van der Waals surface area contributed by atoms with Gasteiger partial charge in [-0.2, -0.15) is 0 Å². The van der Waals surface area contributed by atoms with Crippen LogP contribution < -0.4 is 0 Å². The van der Waals surface area contributed by atoms with E-state index in [0.717, 1.165) is 116 Å². The molecule has 0 fully saturated rings. The van der Waals surface area contributed by atoms with Crippen molar-refractivity contribution in [2.24, 2.45) is 0 Å². The van der Waals surface area contributed by atoms with E-state index in [1.165, 1.54) is 218 Å². The summed E-state index contributed by atoms with van der Waals surface area (Å²) in [6.45, 7) is 4.68. The third-order valence-corrected chi connectivity index (χ3v) is 18.1. The fourth-order valence-corrected chi connectivity index (χ4v) is 11.8. The molecule has 1 N–H and O–H groups in total. The molecule has 0 aromatic carbocycles. The van der Waals surface area contributed by atoms with Gasteiger partial charge in [0.05, 0.1) is 34.4 Å². The molecule has 0 heterocycles. The molecule has 0 bridgehead atoms. The SMILES string of the molecule is CC/C=C\C/C=C\C/C=C\C/C=C\C/C=C\C/C=C\C/C=C\CCCCCCCCCCCCCCCCCCCC(=O)OC(COC(=O)CCCCCCCCCCCCCCCCCCCCCCC/C=C\C/C=C\C/C=C\C/C=C\C/C=C\CC)COC(OCC[N+](C)(C)C)C(=O)O. The number of esters is 2. The van der Waals surface area contributed by atoms with Gasteiger partial charge in [0.25, 0.3) is 6.29 Å². The van der Waals surface area contributed by atoms with E-state index in [0.29, 0.717) is 17.4 Å². The number of allylic oxidation sites excluding steroid dienone is 24. The van der Waals surface area contributed by atoms with Crippen molar-refractivity contribution in [1.29, 1.82) is 0 Å². The van der Waals surface area contributed by atoms with E-state index in [4.69, 9.17) is 18.9 Å². The van der Waals surface area contributed by atoms with E-state index < -0.39 is 24.3 Å². The largest absolute Gasteiger partial charge is 0.477 e. The van der Waals surface area contributed by atoms with Crippen molar-refractivity contribution in [3.05, 3.63) is 146 Å². The lowest BCUT2D eigenvalue weighted by Gasteiger charge is -2.25. The van der Waals surface area contributed by atoms with Crippen molar-refractivity contribution in [1.82, 2.24) is 0 Å². The van der Waals surface area contributed by atoms with Crippen LogP contribution in [-0.4, -0.2) is 87.4 Å². The average molecular weight is 1410 g/mol. The van der Waals surface area contributed by atoms with E-state index in [9.17, 15) is 19.5 Å². The molecule has 0 aliphatic rings. The van der Waals surface area contributed by atoms with Crippen LogP contribution in [0.5, 0.6) is 0 Å². The van der Waals surface area contributed by atoms with Crippen LogP contribution in [0.1, 0.15) is 361 Å². The number of carboxylic acid groups (broad SMARTS) is 1. The lowest BCUT2D eigenvalue weighted by atomic mass is 10.0. The van der Waals surface area contributed by atoms with Gasteiger partial charge in [0, 0.05) is 12.8 Å². The summed E-state index contributed by atoms with van der Waals surface area (Å²) in [5.74, 6) is -1.99. The molecule has 0 rings (SSSR count). The van der Waals surface area contributed by atoms with Crippen molar-refractivity contribution < 1.29 is 42.9 Å². The summed E-state index contributed by atoms with van der Waals surface area (Å²) in [7, 11) is 5.99. The molecule has 0 spiro atoms. The Balaban J connectivity index is 4.00. The minimum atomic E-state index is -1.52. The topological polar surface area (TPSA) is 108 Å². The first-order valence-corrected chi connectivity index (χ1v) is 42.0. The number of hydrogen-bond acceptors (Lipinski definition) is 7. The monoisotopic (exact) mass is 1410 g/mol. The second-order valence-corrected chi connectivity index (χ2v) is 29.0. The van der Waals surface area contributed by atoms with Crippen LogP contribution in [-0.2, 0) is 33.3 Å². The summed E-state index contributed by atoms with van der Waals surface area (Å²) in [6, 6.07) is 0. The van der Waals surface area contributed by atoms with Crippen LogP contribution in [0.25, 0.3) is 0 Å². The average Bonchev–Trinajstić information content (AvgIpc) is 1.21. The third kappa shape index (κ3) is 82.3. The highest BCUT2D eigenvalue weighted by Gasteiger charge is 2.25. The Morgan fingerprint density at radius 1 is 0.297 bits per heavy atom. The summed E-state index contributed by atoms with van der Waals surface area (Å²) in [5, 5.41) is 9.79. The molecule has 101 heavy (non-hydrogen) atoms. The lowest BCUT2D eigenvalue weighted by molar-refractivity contribution is -0.870. The van der Waals surface area contributed by atoms with Gasteiger partial charge in [-0.25, -0.2) is 4.79 Å². The molecule has 2 atom stereocenters. The Bertz CT molecular complexity index is 2180. The molecule has 2 unspecified atom stereocenters. The smallest absolute Gasteiger partial charge is 0.361 e. The van der Waals surface area contributed by atoms with Crippen LogP contribution in [0.3, 0.4) is 0 Å². The van der Waals surface area contributed by atoms with Crippen molar-refractivity contribution in [3.8, 4) is 0 Å². The van der Waals surface area contributed by atoms with Gasteiger partial charge in [0.1, 0.15) is 13.2 Å². The van der Waals surface area contributed by atoms with Gasteiger partial charge >= 0.3 is 17.9 Å². The highest BCUT2D eigenvalue weighted by Crippen LogP contribution is 2.19. The van der Waals surface area contributed by atoms with Crippen LogP contribution >= 0.6 is 0 Å². The normalized spacial score (nSPS) is 13.4. The number of hydrogen-bond donors (Lipinski definition) is 1. The zero-order valence-corrected chi connectivity index (χ0v) is 66.3. The van der Waals surface area contributed by atoms with Gasteiger partial charge < -0.3 is 28.5 Å². The van der Waals surface area contributed by atoms with E-state index in [1.807, 2.05) is 21.1 Å². The molecule has 0 saturated heterocycles. The lowest BCUT2D eigenvalue weighted by Crippen LogP contribution is -2.40. The summed E-state index contributed by atoms with van der Waals surface area (Å²) in [6.07, 6.45) is 116. The molecule has 0 aromatic heterocycles. The maximum Gasteiger partial charge on any atom is 0.361 e. The predicted octanol–water partition coefficient (Wildman–Crippen LogP) is 27.4. The number of rotatable bonds is 77. The Morgan fingerprint density at radius 3 is 0.792 bits per heavy atom. The fraction of sp³-hybridized carbons (Fsp3) is 0.707. The first kappa shape index (κ1) is 96.2. The zero-order valence-electron chi connectivity index (χ0n) is 66.3. The summed E-state index contributed by atoms with van der Waals surface area (Å²) < 4.78 is 23.1. The van der Waals surface area contributed by atoms with E-state index in [2.05, 4.69) is 160 Å². The van der Waals surface area contributed by atoms with Gasteiger partial charge in [-0.05, 0) is 116 Å². The van der Waals surface area contributed by atoms with Gasteiger partial charge in [-0.3, -0.25) is 9.59 Å². The molecule has 9 heteroatoms. The molecule has 0 saturated carbocycles. The molecule has 0 radical (unpaired) electrons. The van der Waals surface area contributed by atoms with E-state index in [1.54, 1.807) is 0 Å². The summed E-state index contributed by atoms with van der Waals surface area (Å²) in [5.41, 5.74) is 0. The van der Waals surface area contributed by atoms with Crippen LogP contribution in [0.4, 0.5) is 0 Å². The number of carbonyl (C=O) groups is 3. The van der Waals surface area contributed by atoms with E-state index in [-0.39, 0.29) is 32.2 Å². The number of carbonyl (C=O) groups excluding carboxylic acids is 2. The Morgan fingerprint density at radius 2 is 0.535 bits per heavy atom. The standard InChI is InChI=1S/C92H157NO8/c1-6-8-10-12-14-16-18-20-22-24-26-28-30-32-34-36-38-40-42-44-45-47-49-51-53-55-57-59-61-63-65-67-69-71-73-75-77-79-81-83-90(95)101-88(87-100-92(91(96)97)98-85-84-93(3,4)5)86-99-89(94)82-80-78-76-74-72-70-68-66-64-62-60-58-56-54-52-50-48-46-43-41-39-37-35-33-31-29-27-25-23-21-19-17-15-13-11-9-7-2/h8-11,14-17,20-23,26-29,32-35,38,40,44-45,88,92H,6-7,12-13,18-19,24-25,30-31,36-37,39,41-43,46-87H2,1-5H3/p+1/b10-8-,11-9-,16-14-,17-15-,22-20-,23-21-,28-26-,29-27-,34-32-,35-33-,40-38-,45-44-. The van der Waals surface area contributed by atoms with Crippen LogP contribution in [0, 0.1) is 0 Å². The Kier molecular flexibility index (Phi) is 77.0. The number of unbranched alkanes of at least 4 members (excludes halogenated alkanes) is 38. The predicted molar refractivity (Wildman–Crippen MR) is 437 cm³/mol. The summed E-state index contributed by atoms with van der Waals surface area (Å²) in [4.78, 5) is 37.8. The number of carboxylic acids is 1. The Labute approximate surface area is 623 Å². The zero-order chi connectivity index (χ0) is 73.2. The van der Waals surface area contributed by atoms with Gasteiger partial charge in [0.2, 0.25) is 0 Å². The van der Waals surface area contributed by atoms with Crippen LogP contribution in [0.15, 0.2) is 146 Å². The molecular weight excluding hydrogens is 1250 g/mol. The number of ether oxygens (including phenoxy) is 4. The van der Waals surface area contributed by atoms with Gasteiger partial charge in [0.15, 0.2) is 6.10 Å². The highest BCUT2D eigenvalue weighted by molar-refractivity contribution is 5.71. The van der Waals surface area contributed by atoms with Crippen molar-refractivity contribution in [3.63, 3.8) is 0 Å². The van der Waals surface area contributed by atoms with Gasteiger partial charge in [-0.1, -0.05) is 378 Å². The summed E-state index contributed by atoms with van der Waals surface area (Å²) >= 11 is 0. The second-order valence-electron chi connectivity index (χ2n) is 29.0. The highest BCUT2D eigenvalue weighted by atomic mass is 16.7. The quantitative estimate of drug-likeness (QED) is 0.0211. The van der Waals surface area contributed by atoms with E-state index >= 15 is 0 Å². The number of aliphatic carboxylic acids is 1. The molecule has 9 nitrogen and oxygen atoms in total. The second kappa shape index (κ2) is 80.8. The first-order chi connectivity index (χ1) is 49.6. The first-order valence-electron chi connectivity index (χ1n) is 42.0. The van der Waals surface area contributed by atoms with Crippen molar-refractivity contribution in [2.45, 2.75) is 373 Å². The number of likely N-dealkylation sites (N-methyl/N-ethyl adjacent to an activating group) is 1. The maximum absolute atomic E-state index is 13.0. The third-order valence-electron chi connectivity index (χ3n) is 18.1. The minimum Gasteiger partial charge on any atom is -0.477 e. The maximum atomic E-state index is 13.0. The number of quaternary nitrogens is 1. The molecular formula is C92H158NO8+. The molecule has 0 aliphatic heterocycles. The minimum absolute atomic E-state index is 0.183. The van der Waals surface area contributed by atoms with Crippen LogP contribution in [0.2, 0.25) is 0 Å². The molecule has 578 valence electrons. The Hall–Kier alpha value is -4.83. The fourth-order valence-electron chi connectivity index (χ4n) is 11.8. The molecule has 0 amide bonds. The number of nitrogens with zero attached hydrogens (tertiary/aromatic N) is 1. The van der Waals surface area contributed by atoms with Crippen molar-refractivity contribution >= 4 is 17.9 Å². The molecule has 0 aromatic rings. The van der Waals surface area contributed by atoms with Crippen molar-refractivity contribution in [2.75, 3.05) is 47.5 Å².